The molecular weight excluding hydrogens is 322 g/mol. The molecule has 0 amide bonds. The molecule has 3 aromatic rings. The van der Waals surface area contributed by atoms with Crippen LogP contribution in [0.4, 0.5) is 0 Å². The van der Waals surface area contributed by atoms with Gasteiger partial charge in [0.05, 0.1) is 9.79 Å². The van der Waals surface area contributed by atoms with Crippen LogP contribution >= 0.6 is 0 Å². The number of sulfone groups is 1. The molecule has 6 heteroatoms. The van der Waals surface area contributed by atoms with Gasteiger partial charge in [0.15, 0.2) is 0 Å². The van der Waals surface area contributed by atoms with Crippen molar-refractivity contribution >= 4 is 27.1 Å². The molecule has 0 radical (unpaired) electrons. The number of pyridine rings is 1. The molecule has 0 aliphatic rings. The number of nitrogens with one attached hydrogen (secondary N) is 1. The maximum absolute atomic E-state index is 13.0. The molecule has 1 atom stereocenters. The van der Waals surface area contributed by atoms with Gasteiger partial charge in [-0.15, -0.1) is 0 Å². The Morgan fingerprint density at radius 1 is 1.21 bits per heavy atom. The number of benzene rings is 1. The molecule has 24 heavy (non-hydrogen) atoms. The topological polar surface area (TPSA) is 75.8 Å². The lowest BCUT2D eigenvalue weighted by atomic mass is 10.1. The fourth-order valence-corrected chi connectivity index (χ4v) is 4.21. The fourth-order valence-electron chi connectivity index (χ4n) is 2.72. The van der Waals surface area contributed by atoms with E-state index in [-0.39, 0.29) is 15.7 Å². The van der Waals surface area contributed by atoms with Gasteiger partial charge in [0.2, 0.25) is 9.84 Å². The Morgan fingerprint density at radius 2 is 1.96 bits per heavy atom. The van der Waals surface area contributed by atoms with Crippen LogP contribution in [-0.4, -0.2) is 24.2 Å². The van der Waals surface area contributed by atoms with Crippen LogP contribution in [0.25, 0.3) is 11.0 Å². The highest BCUT2D eigenvalue weighted by atomic mass is 32.2. The quantitative estimate of drug-likeness (QED) is 0.697. The molecule has 1 N–H and O–H groups in total. The molecule has 1 aromatic carbocycles. The van der Waals surface area contributed by atoms with Crippen LogP contribution in [0.15, 0.2) is 64.6 Å². The summed E-state index contributed by atoms with van der Waals surface area (Å²) in [5.74, 6) is 0.0508. The van der Waals surface area contributed by atoms with E-state index in [4.69, 9.17) is 5.41 Å². The Morgan fingerprint density at radius 3 is 2.62 bits per heavy atom. The molecule has 124 valence electrons. The minimum absolute atomic E-state index is 0.0508. The van der Waals surface area contributed by atoms with Crippen LogP contribution in [0, 0.1) is 11.3 Å². The summed E-state index contributed by atoms with van der Waals surface area (Å²) in [6, 6.07) is 11.9. The van der Waals surface area contributed by atoms with Crippen molar-refractivity contribution in [3.63, 3.8) is 0 Å². The minimum atomic E-state index is -3.61. The standard InChI is InChI=1S/C18H19N3O2S/c1-2-14(11-19)12-21-13-17(16-9-6-10-20-18(16)21)24(22,23)15-7-4-3-5-8-15/h3-11,13-14,19H,2,12H2,1H3/t14-/m0/s1. The lowest BCUT2D eigenvalue weighted by Crippen LogP contribution is -2.10. The van der Waals surface area contributed by atoms with Crippen LogP contribution in [0.3, 0.4) is 0 Å². The lowest BCUT2D eigenvalue weighted by molar-refractivity contribution is 0.556. The van der Waals surface area contributed by atoms with Gasteiger partial charge in [-0.25, -0.2) is 13.4 Å². The maximum Gasteiger partial charge on any atom is 0.208 e. The Bertz CT molecular complexity index is 962. The first-order valence-corrected chi connectivity index (χ1v) is 9.30. The molecule has 0 aliphatic heterocycles. The third-order valence-electron chi connectivity index (χ3n) is 4.13. The molecule has 0 unspecified atom stereocenters. The normalized spacial score (nSPS) is 13.0. The van der Waals surface area contributed by atoms with E-state index in [1.807, 2.05) is 11.5 Å². The third kappa shape index (κ3) is 2.85. The second-order valence-corrected chi connectivity index (χ2v) is 7.59. The smallest absolute Gasteiger partial charge is 0.208 e. The van der Waals surface area contributed by atoms with Crippen molar-refractivity contribution in [1.29, 1.82) is 5.41 Å². The van der Waals surface area contributed by atoms with Gasteiger partial charge in [0, 0.05) is 36.5 Å². The Labute approximate surface area is 141 Å². The number of aromatic nitrogens is 2. The highest BCUT2D eigenvalue weighted by Gasteiger charge is 2.24. The van der Waals surface area contributed by atoms with Gasteiger partial charge >= 0.3 is 0 Å². The zero-order valence-electron chi connectivity index (χ0n) is 13.4. The van der Waals surface area contributed by atoms with Gasteiger partial charge in [0.1, 0.15) is 5.65 Å². The number of hydrogen-bond donors (Lipinski definition) is 1. The van der Waals surface area contributed by atoms with Crippen LogP contribution < -0.4 is 0 Å². The van der Waals surface area contributed by atoms with E-state index in [2.05, 4.69) is 4.98 Å². The monoisotopic (exact) mass is 341 g/mol. The first kappa shape index (κ1) is 16.4. The van der Waals surface area contributed by atoms with E-state index in [0.29, 0.717) is 17.6 Å². The summed E-state index contributed by atoms with van der Waals surface area (Å²) in [7, 11) is -3.61. The van der Waals surface area contributed by atoms with Crippen molar-refractivity contribution in [3.05, 3.63) is 54.9 Å². The molecular formula is C18H19N3O2S. The van der Waals surface area contributed by atoms with Crippen LogP contribution in [0.5, 0.6) is 0 Å². The molecule has 0 fully saturated rings. The number of nitrogens with zero attached hydrogens (tertiary/aromatic N) is 2. The number of hydrogen-bond acceptors (Lipinski definition) is 4. The Kier molecular flexibility index (Phi) is 4.49. The number of rotatable bonds is 6. The van der Waals surface area contributed by atoms with Crippen molar-refractivity contribution in [3.8, 4) is 0 Å². The molecule has 0 saturated carbocycles. The summed E-state index contributed by atoms with van der Waals surface area (Å²) in [6.07, 6.45) is 5.52. The highest BCUT2D eigenvalue weighted by molar-refractivity contribution is 7.91. The average molecular weight is 341 g/mol. The molecule has 5 nitrogen and oxygen atoms in total. The first-order chi connectivity index (χ1) is 11.6. The van der Waals surface area contributed by atoms with Gasteiger partial charge in [-0.2, -0.15) is 0 Å². The van der Waals surface area contributed by atoms with Gasteiger partial charge in [-0.3, -0.25) is 0 Å². The van der Waals surface area contributed by atoms with E-state index < -0.39 is 9.84 Å². The molecule has 0 bridgehead atoms. The van der Waals surface area contributed by atoms with E-state index in [9.17, 15) is 8.42 Å². The lowest BCUT2D eigenvalue weighted by Gasteiger charge is -2.10. The van der Waals surface area contributed by atoms with Crippen molar-refractivity contribution in [2.24, 2.45) is 5.92 Å². The Balaban J connectivity index is 2.18. The second-order valence-electron chi connectivity index (χ2n) is 5.67. The summed E-state index contributed by atoms with van der Waals surface area (Å²) in [6.45, 7) is 2.55. The molecule has 0 aliphatic carbocycles. The SMILES string of the molecule is CC[C@@H](C=N)Cn1cc(S(=O)(=O)c2ccccc2)c2cccnc21. The molecule has 2 heterocycles. The summed E-state index contributed by atoms with van der Waals surface area (Å²) < 4.78 is 27.8. The van der Waals surface area contributed by atoms with Crippen molar-refractivity contribution in [1.82, 2.24) is 9.55 Å². The largest absolute Gasteiger partial charge is 0.331 e. The highest BCUT2D eigenvalue weighted by Crippen LogP contribution is 2.29. The van der Waals surface area contributed by atoms with Crippen molar-refractivity contribution < 1.29 is 8.42 Å². The van der Waals surface area contributed by atoms with E-state index in [0.717, 1.165) is 6.42 Å². The maximum atomic E-state index is 13.0. The molecule has 3 rings (SSSR count). The van der Waals surface area contributed by atoms with Gasteiger partial charge in [-0.05, 0) is 30.7 Å². The first-order valence-electron chi connectivity index (χ1n) is 7.82. The van der Waals surface area contributed by atoms with Crippen LogP contribution in [0.1, 0.15) is 13.3 Å². The van der Waals surface area contributed by atoms with E-state index in [1.165, 1.54) is 6.21 Å². The number of fused-ring (bicyclic) bond motifs is 1. The van der Waals surface area contributed by atoms with Crippen LogP contribution in [0.2, 0.25) is 0 Å². The zero-order valence-corrected chi connectivity index (χ0v) is 14.2. The summed E-state index contributed by atoms with van der Waals surface area (Å²) in [5.41, 5.74) is 0.632. The average Bonchev–Trinajstić information content (AvgIpc) is 3.00. The molecule has 0 spiro atoms. The molecule has 0 saturated heterocycles. The predicted octanol–water partition coefficient (Wildman–Crippen LogP) is 3.54. The van der Waals surface area contributed by atoms with Crippen molar-refractivity contribution in [2.75, 3.05) is 0 Å². The van der Waals surface area contributed by atoms with E-state index >= 15 is 0 Å². The van der Waals surface area contributed by atoms with Crippen LogP contribution in [-0.2, 0) is 16.4 Å². The van der Waals surface area contributed by atoms with Crippen molar-refractivity contribution in [2.45, 2.75) is 29.7 Å². The third-order valence-corrected chi connectivity index (χ3v) is 5.93. The molecule has 2 aromatic heterocycles. The summed E-state index contributed by atoms with van der Waals surface area (Å²) >= 11 is 0. The zero-order chi connectivity index (χ0) is 17.2. The Hall–Kier alpha value is -2.47. The van der Waals surface area contributed by atoms with Gasteiger partial charge in [-0.1, -0.05) is 25.1 Å². The van der Waals surface area contributed by atoms with Gasteiger partial charge in [0.25, 0.3) is 0 Å². The second kappa shape index (κ2) is 6.57. The van der Waals surface area contributed by atoms with Gasteiger partial charge < -0.3 is 9.98 Å². The fraction of sp³-hybridized carbons (Fsp3) is 0.222. The summed E-state index contributed by atoms with van der Waals surface area (Å²) in [5, 5.41) is 8.12. The minimum Gasteiger partial charge on any atom is -0.331 e. The predicted molar refractivity (Wildman–Crippen MR) is 94.2 cm³/mol. The summed E-state index contributed by atoms with van der Waals surface area (Å²) in [4.78, 5) is 4.89. The van der Waals surface area contributed by atoms with E-state index in [1.54, 1.807) is 54.9 Å².